The van der Waals surface area contributed by atoms with Crippen molar-refractivity contribution in [3.8, 4) is 17.3 Å². The minimum atomic E-state index is -4.44. The van der Waals surface area contributed by atoms with E-state index in [9.17, 15) is 13.2 Å². The van der Waals surface area contributed by atoms with Crippen LogP contribution in [0.1, 0.15) is 24.1 Å². The van der Waals surface area contributed by atoms with Crippen molar-refractivity contribution in [1.82, 2.24) is 30.0 Å². The average molecular weight is 550 g/mol. The van der Waals surface area contributed by atoms with Gasteiger partial charge in [0.15, 0.2) is 11.5 Å². The Balaban J connectivity index is 1.37. The number of likely N-dealkylation sites (tertiary alicyclic amines) is 1. The standard InChI is InChI=1S/C24H23ClF3N7OS/c1-13-20-22(33-32-13)30-21(31-23(20)36-16-6-9-35(2)10-7-16)14-3-4-18(17(25)11-14)34-37-19-12-15(5-8-29-19)24(26,27)28/h3-5,8,11-12,16,34H,6-7,9-10H2,1-2H3,(H,30,31,32,33). The normalized spacial score (nSPS) is 15.3. The molecule has 3 aromatic heterocycles. The van der Waals surface area contributed by atoms with Crippen LogP contribution in [0.5, 0.6) is 5.88 Å². The molecule has 0 atom stereocenters. The van der Waals surface area contributed by atoms with Crippen LogP contribution in [0.4, 0.5) is 18.9 Å². The molecule has 1 saturated heterocycles. The first kappa shape index (κ1) is 25.6. The molecule has 0 saturated carbocycles. The number of nitrogens with one attached hydrogen (secondary N) is 2. The summed E-state index contributed by atoms with van der Waals surface area (Å²) >= 11 is 7.42. The lowest BCUT2D eigenvalue weighted by Crippen LogP contribution is -2.35. The largest absolute Gasteiger partial charge is 0.474 e. The molecule has 8 nitrogen and oxygen atoms in total. The number of fused-ring (bicyclic) bond motifs is 1. The van der Waals surface area contributed by atoms with Crippen LogP contribution in [-0.2, 0) is 6.18 Å². The predicted molar refractivity (Wildman–Crippen MR) is 137 cm³/mol. The molecule has 4 heterocycles. The number of aromatic amines is 1. The first-order valence-electron chi connectivity index (χ1n) is 11.5. The number of pyridine rings is 1. The number of aryl methyl sites for hydroxylation is 1. The fourth-order valence-electron chi connectivity index (χ4n) is 3.99. The number of halogens is 4. The number of piperidine rings is 1. The molecule has 1 aliphatic heterocycles. The molecule has 2 N–H and O–H groups in total. The summed E-state index contributed by atoms with van der Waals surface area (Å²) in [4.78, 5) is 15.5. The van der Waals surface area contributed by atoms with E-state index in [0.717, 1.165) is 67.3 Å². The quantitative estimate of drug-likeness (QED) is 0.283. The van der Waals surface area contributed by atoms with Crippen molar-refractivity contribution < 1.29 is 17.9 Å². The average Bonchev–Trinajstić information content (AvgIpc) is 3.25. The Labute approximate surface area is 220 Å². The monoisotopic (exact) mass is 549 g/mol. The number of hydrogen-bond donors (Lipinski definition) is 2. The van der Waals surface area contributed by atoms with Gasteiger partial charge in [0.25, 0.3) is 0 Å². The van der Waals surface area contributed by atoms with Gasteiger partial charge in [-0.3, -0.25) is 5.10 Å². The fourth-order valence-corrected chi connectivity index (χ4v) is 4.97. The minimum Gasteiger partial charge on any atom is -0.474 e. The van der Waals surface area contributed by atoms with Gasteiger partial charge in [0.2, 0.25) is 5.88 Å². The third-order valence-electron chi connectivity index (χ3n) is 6.06. The van der Waals surface area contributed by atoms with E-state index in [1.807, 2.05) is 6.92 Å². The van der Waals surface area contributed by atoms with Gasteiger partial charge in [-0.1, -0.05) is 11.6 Å². The van der Waals surface area contributed by atoms with Gasteiger partial charge >= 0.3 is 6.18 Å². The zero-order chi connectivity index (χ0) is 26.2. The predicted octanol–water partition coefficient (Wildman–Crippen LogP) is 5.99. The second kappa shape index (κ2) is 10.3. The van der Waals surface area contributed by atoms with E-state index in [-0.39, 0.29) is 11.1 Å². The number of aromatic nitrogens is 5. The highest BCUT2D eigenvalue weighted by Crippen LogP contribution is 2.35. The van der Waals surface area contributed by atoms with Gasteiger partial charge in [0.05, 0.1) is 16.3 Å². The summed E-state index contributed by atoms with van der Waals surface area (Å²) in [6, 6.07) is 7.06. The highest BCUT2D eigenvalue weighted by Gasteiger charge is 2.30. The second-order valence-corrected chi connectivity index (χ2v) is 10.0. The van der Waals surface area contributed by atoms with Crippen LogP contribution in [0, 0.1) is 6.92 Å². The lowest BCUT2D eigenvalue weighted by atomic mass is 10.1. The van der Waals surface area contributed by atoms with Crippen LogP contribution in [0.2, 0.25) is 5.02 Å². The molecule has 0 amide bonds. The van der Waals surface area contributed by atoms with Gasteiger partial charge in [-0.15, -0.1) is 0 Å². The van der Waals surface area contributed by atoms with Crippen molar-refractivity contribution in [1.29, 1.82) is 0 Å². The third kappa shape index (κ3) is 5.76. The van der Waals surface area contributed by atoms with Crippen LogP contribution < -0.4 is 9.46 Å². The van der Waals surface area contributed by atoms with Crippen molar-refractivity contribution >= 4 is 40.3 Å². The Morgan fingerprint density at radius 2 is 1.95 bits per heavy atom. The molecule has 5 rings (SSSR count). The summed E-state index contributed by atoms with van der Waals surface area (Å²) in [7, 11) is 2.09. The number of ether oxygens (including phenoxy) is 1. The van der Waals surface area contributed by atoms with Gasteiger partial charge in [-0.25, -0.2) is 9.97 Å². The molecule has 0 bridgehead atoms. The Bertz CT molecular complexity index is 1420. The molecule has 0 radical (unpaired) electrons. The lowest BCUT2D eigenvalue weighted by Gasteiger charge is -2.29. The van der Waals surface area contributed by atoms with Gasteiger partial charge in [-0.2, -0.15) is 23.3 Å². The molecule has 4 aromatic rings. The van der Waals surface area contributed by atoms with Crippen molar-refractivity contribution in [2.45, 2.75) is 37.1 Å². The molecule has 0 spiro atoms. The van der Waals surface area contributed by atoms with E-state index >= 15 is 0 Å². The number of nitrogens with zero attached hydrogens (tertiary/aromatic N) is 5. The van der Waals surface area contributed by atoms with Crippen LogP contribution in [0.15, 0.2) is 41.6 Å². The van der Waals surface area contributed by atoms with E-state index in [1.165, 1.54) is 0 Å². The third-order valence-corrected chi connectivity index (χ3v) is 7.13. The van der Waals surface area contributed by atoms with Crippen molar-refractivity contribution in [2.24, 2.45) is 0 Å². The van der Waals surface area contributed by atoms with Crippen LogP contribution >= 0.6 is 23.5 Å². The Kier molecular flexibility index (Phi) is 7.15. The summed E-state index contributed by atoms with van der Waals surface area (Å²) < 4.78 is 48.2. The van der Waals surface area contributed by atoms with Crippen molar-refractivity contribution in [3.05, 3.63) is 52.8 Å². The van der Waals surface area contributed by atoms with E-state index < -0.39 is 11.7 Å². The maximum Gasteiger partial charge on any atom is 0.416 e. The zero-order valence-electron chi connectivity index (χ0n) is 19.9. The number of alkyl halides is 3. The van der Waals surface area contributed by atoms with Crippen LogP contribution in [0.25, 0.3) is 22.4 Å². The molecule has 1 aromatic carbocycles. The summed E-state index contributed by atoms with van der Waals surface area (Å²) in [5.41, 5.74) is 1.70. The Hall–Kier alpha value is -3.09. The van der Waals surface area contributed by atoms with Crippen molar-refractivity contribution in [3.63, 3.8) is 0 Å². The molecule has 194 valence electrons. The molecule has 13 heteroatoms. The number of hydrogen-bond acceptors (Lipinski definition) is 8. The van der Waals surface area contributed by atoms with Gasteiger partial charge in [-0.05, 0) is 57.1 Å². The lowest BCUT2D eigenvalue weighted by molar-refractivity contribution is -0.137. The van der Waals surface area contributed by atoms with E-state index in [1.54, 1.807) is 18.2 Å². The highest BCUT2D eigenvalue weighted by atomic mass is 35.5. The Morgan fingerprint density at radius 1 is 1.16 bits per heavy atom. The smallest absolute Gasteiger partial charge is 0.416 e. The minimum absolute atomic E-state index is 0.0492. The molecular weight excluding hydrogens is 527 g/mol. The van der Waals surface area contributed by atoms with E-state index in [2.05, 4.69) is 36.8 Å². The summed E-state index contributed by atoms with van der Waals surface area (Å²) in [5.74, 6) is 0.882. The number of benzene rings is 1. The topological polar surface area (TPSA) is 91.9 Å². The summed E-state index contributed by atoms with van der Waals surface area (Å²) in [5, 5.41) is 8.50. The number of H-pyrrole nitrogens is 1. The Morgan fingerprint density at radius 3 is 2.68 bits per heavy atom. The first-order chi connectivity index (χ1) is 17.7. The van der Waals surface area contributed by atoms with E-state index in [0.29, 0.717) is 33.6 Å². The van der Waals surface area contributed by atoms with Crippen LogP contribution in [-0.4, -0.2) is 56.3 Å². The molecule has 0 aliphatic carbocycles. The molecular formula is C24H23ClF3N7OS. The van der Waals surface area contributed by atoms with E-state index in [4.69, 9.17) is 21.3 Å². The fraction of sp³-hybridized carbons (Fsp3) is 0.333. The second-order valence-electron chi connectivity index (χ2n) is 8.80. The zero-order valence-corrected chi connectivity index (χ0v) is 21.5. The number of anilines is 1. The van der Waals surface area contributed by atoms with Gasteiger partial charge < -0.3 is 14.4 Å². The molecule has 1 fully saturated rings. The summed E-state index contributed by atoms with van der Waals surface area (Å²) in [6.07, 6.45) is -1.47. The first-order valence-corrected chi connectivity index (χ1v) is 12.7. The van der Waals surface area contributed by atoms with Crippen LogP contribution in [0.3, 0.4) is 0 Å². The maximum absolute atomic E-state index is 13.0. The van der Waals surface area contributed by atoms with Crippen molar-refractivity contribution in [2.75, 3.05) is 24.9 Å². The SMILES string of the molecule is Cc1[nH]nc2nc(-c3ccc(NSc4cc(C(F)(F)F)ccn4)c(Cl)c3)nc(OC3CCN(C)CC3)c12. The molecule has 1 aliphatic rings. The highest BCUT2D eigenvalue weighted by molar-refractivity contribution is 8.00. The molecule has 0 unspecified atom stereocenters. The van der Waals surface area contributed by atoms with Gasteiger partial charge in [0, 0.05) is 42.5 Å². The number of rotatable bonds is 6. The van der Waals surface area contributed by atoms with Gasteiger partial charge in [0.1, 0.15) is 16.5 Å². The molecule has 37 heavy (non-hydrogen) atoms. The maximum atomic E-state index is 13.0. The summed E-state index contributed by atoms with van der Waals surface area (Å²) in [6.45, 7) is 3.80.